The molecule has 62 heavy (non-hydrogen) atoms. The average Bonchev–Trinajstić information content (AvgIpc) is 3.86. The van der Waals surface area contributed by atoms with Crippen molar-refractivity contribution in [3.8, 4) is 0 Å². The van der Waals surface area contributed by atoms with Crippen LogP contribution in [0.15, 0.2) is 24.2 Å². The second kappa shape index (κ2) is 16.4. The van der Waals surface area contributed by atoms with Crippen molar-refractivity contribution in [1.82, 2.24) is 15.3 Å². The van der Waals surface area contributed by atoms with E-state index in [0.717, 1.165) is 12.1 Å². The van der Waals surface area contributed by atoms with Gasteiger partial charge in [0, 0.05) is 48.9 Å². The number of hydrogen-bond acceptors (Lipinski definition) is 12. The van der Waals surface area contributed by atoms with Gasteiger partial charge in [0.15, 0.2) is 6.29 Å². The molecule has 7 aliphatic rings. The number of aromatic amines is 1. The van der Waals surface area contributed by atoms with E-state index in [1.165, 1.54) is 5.57 Å². The largest absolute Gasteiger partial charge is 0.481 e. The Hall–Kier alpha value is -2.47. The van der Waals surface area contributed by atoms with Gasteiger partial charge in [0.25, 0.3) is 0 Å². The number of carbonyl (C=O) groups is 2. The molecule has 8 rings (SSSR count). The number of rotatable bonds is 12. The number of aliphatic carboxylic acids is 1. The number of fused-ring (bicyclic) bond motifs is 7. The Morgan fingerprint density at radius 2 is 1.69 bits per heavy atom. The minimum Gasteiger partial charge on any atom is -0.481 e. The number of imidazole rings is 1. The highest BCUT2D eigenvalue weighted by Crippen LogP contribution is 2.77. The van der Waals surface area contributed by atoms with Gasteiger partial charge < -0.3 is 60.6 Å². The van der Waals surface area contributed by atoms with Crippen LogP contribution in [0.1, 0.15) is 111 Å². The summed E-state index contributed by atoms with van der Waals surface area (Å²) >= 11 is 0. The fraction of sp³-hybridized carbons (Fsp3) is 0.851. The molecule has 10 N–H and O–H groups in total. The first-order valence-electron chi connectivity index (χ1n) is 23.3. The lowest BCUT2D eigenvalue weighted by atomic mass is 9.31. The van der Waals surface area contributed by atoms with Crippen LogP contribution in [0.25, 0.3) is 0 Å². The molecule has 348 valence electrons. The van der Waals surface area contributed by atoms with Crippen molar-refractivity contribution in [3.05, 3.63) is 29.9 Å². The van der Waals surface area contributed by atoms with Crippen LogP contribution in [0.2, 0.25) is 0 Å². The zero-order valence-corrected chi connectivity index (χ0v) is 37.2. The molecule has 4 saturated carbocycles. The number of amides is 1. The van der Waals surface area contributed by atoms with E-state index in [1.807, 2.05) is 6.92 Å². The molecule has 0 spiro atoms. The number of ether oxygens (including phenoxy) is 2. The van der Waals surface area contributed by atoms with Gasteiger partial charge in [0.05, 0.1) is 37.2 Å². The first kappa shape index (κ1) is 46.1. The highest BCUT2D eigenvalue weighted by molar-refractivity contribution is 5.82. The van der Waals surface area contributed by atoms with Crippen molar-refractivity contribution in [2.45, 2.75) is 155 Å². The van der Waals surface area contributed by atoms with Crippen molar-refractivity contribution in [2.24, 2.45) is 68.0 Å². The topological polar surface area (TPSA) is 255 Å². The summed E-state index contributed by atoms with van der Waals surface area (Å²) in [5, 5.41) is 91.7. The lowest BCUT2D eigenvalue weighted by Gasteiger charge is -2.73. The number of nitrogens with one attached hydrogen (secondary N) is 2. The lowest BCUT2D eigenvalue weighted by Crippen LogP contribution is -2.72. The Balaban J connectivity index is 1.25. The second-order valence-corrected chi connectivity index (χ2v) is 22.2. The molecule has 6 fully saturated rings. The third-order valence-corrected chi connectivity index (χ3v) is 19.4. The predicted octanol–water partition coefficient (Wildman–Crippen LogP) is 2.70. The highest BCUT2D eigenvalue weighted by atomic mass is 16.7. The standard InChI is InChI=1S/C47H73N3O12/c1-42(22-52)12-14-47(41(59)60)15-13-44(3)28(30(47)19-42)8-9-34-45(44,4)11-10-33-43(2,23-53)38(62-40-37(57)36(56)32(54)21-61-40)35(55)29(46(33,34)5)18-27-26(7-6-16-51)39(58)50-31(27)17-25-20-48-24-49-25/h8,20,24,26-27,29-38,40,51-57H,6-7,9-19,21-23H2,1-5H3,(H,48,49)(H,50,58)(H,59,60)/t26-,27-,29-,30+,31+,32-,33-,34+,35-,36+,37-,38-,40+,42+,43+,44-,45-,46+,47+/m1/s1. The molecule has 0 radical (unpaired) electrons. The summed E-state index contributed by atoms with van der Waals surface area (Å²) in [5.74, 6) is -2.64. The molecule has 19 atom stereocenters. The summed E-state index contributed by atoms with van der Waals surface area (Å²) in [6, 6.07) is -0.313. The van der Waals surface area contributed by atoms with Crippen molar-refractivity contribution >= 4 is 11.9 Å². The minimum absolute atomic E-state index is 0.00690. The SMILES string of the molecule is C[C@]1(CO)CC[C@]2(C(=O)O)CC[C@]3(C)C(=CC[C@@H]4[C@@]5(C)[C@H](C[C@H]6[C@H](Cc7cnc[nH]7)NC(=O)[C@@H]6CCCO)[C@@H](O)[C@@H](O[C@@H]6OC[C@@H](O)[C@H](O)[C@H]6O)[C@@](C)(CO)[C@H]5CC[C@]43C)[C@@H]2C1. The molecule has 2 saturated heterocycles. The Kier molecular flexibility index (Phi) is 12.2. The quantitative estimate of drug-likeness (QED) is 0.107. The summed E-state index contributed by atoms with van der Waals surface area (Å²) in [5.41, 5.74) is -1.80. The summed E-state index contributed by atoms with van der Waals surface area (Å²) in [6.45, 7) is 10.2. The normalized spacial score (nSPS) is 50.1. The smallest absolute Gasteiger partial charge is 0.310 e. The number of aromatic nitrogens is 2. The van der Waals surface area contributed by atoms with Crippen LogP contribution in [0.4, 0.5) is 0 Å². The second-order valence-electron chi connectivity index (χ2n) is 22.2. The Morgan fingerprint density at radius 3 is 2.35 bits per heavy atom. The van der Waals surface area contributed by atoms with E-state index in [9.17, 15) is 50.4 Å². The summed E-state index contributed by atoms with van der Waals surface area (Å²) in [6.07, 6.45) is 4.23. The lowest BCUT2D eigenvalue weighted by molar-refractivity contribution is -0.340. The van der Waals surface area contributed by atoms with Gasteiger partial charge in [-0.25, -0.2) is 4.98 Å². The summed E-state index contributed by atoms with van der Waals surface area (Å²) in [7, 11) is 0. The van der Waals surface area contributed by atoms with Crippen LogP contribution in [-0.2, 0) is 25.5 Å². The van der Waals surface area contributed by atoms with Crippen LogP contribution in [0.5, 0.6) is 0 Å². The van der Waals surface area contributed by atoms with Crippen molar-refractivity contribution in [2.75, 3.05) is 26.4 Å². The van der Waals surface area contributed by atoms with Gasteiger partial charge in [-0.3, -0.25) is 9.59 Å². The van der Waals surface area contributed by atoms with Gasteiger partial charge in [-0.05, 0) is 122 Å². The summed E-state index contributed by atoms with van der Waals surface area (Å²) < 4.78 is 12.4. The van der Waals surface area contributed by atoms with Gasteiger partial charge in [0.1, 0.15) is 18.3 Å². The Labute approximate surface area is 365 Å². The third-order valence-electron chi connectivity index (χ3n) is 19.4. The van der Waals surface area contributed by atoms with E-state index >= 15 is 0 Å². The Bertz CT molecular complexity index is 1850. The van der Waals surface area contributed by atoms with Crippen LogP contribution >= 0.6 is 0 Å². The molecule has 1 aromatic heterocycles. The zero-order chi connectivity index (χ0) is 44.8. The maximum atomic E-state index is 13.9. The monoisotopic (exact) mass is 872 g/mol. The van der Waals surface area contributed by atoms with Crippen LogP contribution in [0, 0.1) is 68.0 Å². The Morgan fingerprint density at radius 1 is 0.952 bits per heavy atom. The van der Waals surface area contributed by atoms with Crippen molar-refractivity contribution in [3.63, 3.8) is 0 Å². The number of carboxylic acid groups (broad SMARTS) is 1. The highest BCUT2D eigenvalue weighted by Gasteiger charge is 2.73. The van der Waals surface area contributed by atoms with Gasteiger partial charge in [-0.15, -0.1) is 0 Å². The number of hydrogen-bond donors (Lipinski definition) is 10. The van der Waals surface area contributed by atoms with E-state index in [0.29, 0.717) is 70.6 Å². The number of allylic oxidation sites excluding steroid dienone is 2. The first-order valence-corrected chi connectivity index (χ1v) is 23.3. The van der Waals surface area contributed by atoms with Crippen molar-refractivity contribution in [1.29, 1.82) is 0 Å². The number of carboxylic acids is 1. The molecule has 2 aliphatic heterocycles. The van der Waals surface area contributed by atoms with E-state index in [4.69, 9.17) is 9.47 Å². The first-order chi connectivity index (χ1) is 29.3. The molecule has 1 aromatic rings. The molecule has 0 unspecified atom stereocenters. The molecule has 3 heterocycles. The predicted molar refractivity (Wildman–Crippen MR) is 225 cm³/mol. The number of H-pyrrole nitrogens is 1. The van der Waals surface area contributed by atoms with E-state index in [2.05, 4.69) is 49.1 Å². The van der Waals surface area contributed by atoms with Crippen LogP contribution in [0.3, 0.4) is 0 Å². The van der Waals surface area contributed by atoms with Crippen LogP contribution < -0.4 is 5.32 Å². The van der Waals surface area contributed by atoms with E-state index < -0.39 is 81.7 Å². The molecular formula is C47H73N3O12. The molecule has 15 heteroatoms. The summed E-state index contributed by atoms with van der Waals surface area (Å²) in [4.78, 5) is 34.7. The average molecular weight is 872 g/mol. The van der Waals surface area contributed by atoms with Gasteiger partial charge in [-0.2, -0.15) is 0 Å². The molecule has 1 amide bonds. The molecule has 0 aromatic carbocycles. The molecular weight excluding hydrogens is 799 g/mol. The zero-order valence-electron chi connectivity index (χ0n) is 37.2. The van der Waals surface area contributed by atoms with Crippen molar-refractivity contribution < 1.29 is 59.9 Å². The van der Waals surface area contributed by atoms with E-state index in [1.54, 1.807) is 12.5 Å². The van der Waals surface area contributed by atoms with Crippen LogP contribution in [-0.4, -0.2) is 132 Å². The van der Waals surface area contributed by atoms with Gasteiger partial charge in [-0.1, -0.05) is 46.3 Å². The minimum atomic E-state index is -1.62. The van der Waals surface area contributed by atoms with Gasteiger partial charge in [0.2, 0.25) is 5.91 Å². The van der Waals surface area contributed by atoms with E-state index in [-0.39, 0.29) is 67.5 Å². The molecule has 0 bridgehead atoms. The molecule has 5 aliphatic carbocycles. The number of nitrogens with zero attached hydrogens (tertiary/aromatic N) is 1. The number of carbonyl (C=O) groups excluding carboxylic acids is 1. The third kappa shape index (κ3) is 6.79. The number of aliphatic hydroxyl groups excluding tert-OH is 7. The molecule has 15 nitrogen and oxygen atoms in total. The fourth-order valence-electron chi connectivity index (χ4n) is 15.5. The number of aliphatic hydroxyl groups is 7. The van der Waals surface area contributed by atoms with Gasteiger partial charge >= 0.3 is 5.97 Å². The maximum absolute atomic E-state index is 13.9. The maximum Gasteiger partial charge on any atom is 0.310 e. The fourth-order valence-corrected chi connectivity index (χ4v) is 15.5.